The van der Waals surface area contributed by atoms with E-state index in [2.05, 4.69) is 4.72 Å². The third kappa shape index (κ3) is 3.03. The van der Waals surface area contributed by atoms with Crippen LogP contribution in [-0.4, -0.2) is 20.3 Å². The lowest BCUT2D eigenvalue weighted by Crippen LogP contribution is -2.41. The summed E-state index contributed by atoms with van der Waals surface area (Å²) < 4.78 is 25.7. The van der Waals surface area contributed by atoms with E-state index in [4.69, 9.17) is 11.1 Å². The number of rotatable bonds is 4. The van der Waals surface area contributed by atoms with Crippen LogP contribution in [0.2, 0.25) is 0 Å². The number of hydrogen-bond donors (Lipinski definition) is 3. The maximum Gasteiger partial charge on any atom is 0.241 e. The third-order valence-electron chi connectivity index (χ3n) is 1.85. The second kappa shape index (κ2) is 4.41. The Morgan fingerprint density at radius 2 is 1.93 bits per heavy atom. The summed E-state index contributed by atoms with van der Waals surface area (Å²) in [7, 11) is -3.58. The van der Waals surface area contributed by atoms with E-state index in [0.717, 1.165) is 0 Å². The van der Waals surface area contributed by atoms with Crippen LogP contribution in [0, 0.1) is 5.41 Å². The molecule has 0 bridgehead atoms. The maximum absolute atomic E-state index is 11.7. The van der Waals surface area contributed by atoms with Crippen molar-refractivity contribution >= 4 is 15.9 Å². The van der Waals surface area contributed by atoms with Crippen LogP contribution in [0.3, 0.4) is 0 Å². The van der Waals surface area contributed by atoms with Gasteiger partial charge in [0.05, 0.1) is 10.9 Å². The average Bonchev–Trinajstić information content (AvgIpc) is 2.18. The summed E-state index contributed by atoms with van der Waals surface area (Å²) in [5.41, 5.74) is 5.18. The molecule has 1 unspecified atom stereocenters. The van der Waals surface area contributed by atoms with Gasteiger partial charge in [0, 0.05) is 0 Å². The maximum atomic E-state index is 11.7. The number of benzene rings is 1. The summed E-state index contributed by atoms with van der Waals surface area (Å²) in [6, 6.07) is 7.26. The van der Waals surface area contributed by atoms with Crippen LogP contribution in [0.5, 0.6) is 0 Å². The van der Waals surface area contributed by atoms with Crippen LogP contribution in [0.1, 0.15) is 6.92 Å². The van der Waals surface area contributed by atoms with Gasteiger partial charge in [0.25, 0.3) is 0 Å². The molecule has 0 aliphatic heterocycles. The molecule has 0 saturated carbocycles. The molecule has 4 N–H and O–H groups in total. The zero-order valence-corrected chi connectivity index (χ0v) is 9.08. The van der Waals surface area contributed by atoms with Gasteiger partial charge in [-0.1, -0.05) is 18.2 Å². The molecule has 1 aromatic carbocycles. The molecule has 5 nitrogen and oxygen atoms in total. The Morgan fingerprint density at radius 3 is 2.40 bits per heavy atom. The van der Waals surface area contributed by atoms with Gasteiger partial charge in [-0.25, -0.2) is 13.1 Å². The van der Waals surface area contributed by atoms with Gasteiger partial charge < -0.3 is 5.73 Å². The highest BCUT2D eigenvalue weighted by Crippen LogP contribution is 2.07. The Kier molecular flexibility index (Phi) is 3.43. The van der Waals surface area contributed by atoms with E-state index in [0.29, 0.717) is 0 Å². The van der Waals surface area contributed by atoms with Gasteiger partial charge >= 0.3 is 0 Å². The highest BCUT2D eigenvalue weighted by atomic mass is 32.2. The summed E-state index contributed by atoms with van der Waals surface area (Å²) in [5, 5.41) is 7.09. The fourth-order valence-electron chi connectivity index (χ4n) is 0.964. The number of amidine groups is 1. The first-order chi connectivity index (χ1) is 6.93. The highest BCUT2D eigenvalue weighted by molar-refractivity contribution is 7.89. The Morgan fingerprint density at radius 1 is 1.40 bits per heavy atom. The Labute approximate surface area is 88.9 Å². The predicted octanol–water partition coefficient (Wildman–Crippen LogP) is 0.289. The van der Waals surface area contributed by atoms with E-state index in [1.54, 1.807) is 18.2 Å². The van der Waals surface area contributed by atoms with E-state index >= 15 is 0 Å². The topological polar surface area (TPSA) is 96.0 Å². The minimum atomic E-state index is -3.58. The minimum Gasteiger partial charge on any atom is -0.386 e. The van der Waals surface area contributed by atoms with Crippen molar-refractivity contribution in [2.24, 2.45) is 5.73 Å². The van der Waals surface area contributed by atoms with Crippen molar-refractivity contribution in [3.05, 3.63) is 30.3 Å². The van der Waals surface area contributed by atoms with Gasteiger partial charge in [0.2, 0.25) is 10.0 Å². The summed E-state index contributed by atoms with van der Waals surface area (Å²) in [4.78, 5) is 0.165. The molecule has 0 radical (unpaired) electrons. The van der Waals surface area contributed by atoms with Gasteiger partial charge in [-0.05, 0) is 19.1 Å². The molecule has 0 aromatic heterocycles. The van der Waals surface area contributed by atoms with E-state index < -0.39 is 16.1 Å². The van der Waals surface area contributed by atoms with Crippen LogP contribution in [0.4, 0.5) is 0 Å². The lowest BCUT2D eigenvalue weighted by Gasteiger charge is -2.12. The number of nitrogens with two attached hydrogens (primary N) is 1. The normalized spacial score (nSPS) is 13.4. The first kappa shape index (κ1) is 11.7. The van der Waals surface area contributed by atoms with Gasteiger partial charge in [-0.15, -0.1) is 0 Å². The van der Waals surface area contributed by atoms with Crippen LogP contribution in [0.15, 0.2) is 35.2 Å². The first-order valence-corrected chi connectivity index (χ1v) is 5.83. The standard InChI is InChI=1S/C9H13N3O2S/c1-7(9(10)11)12-15(13,14)8-5-3-2-4-6-8/h2-7,12H,1H3,(H3,10,11). The Balaban J connectivity index is 2.91. The molecule has 0 heterocycles. The molecule has 0 spiro atoms. The molecule has 0 fully saturated rings. The monoisotopic (exact) mass is 227 g/mol. The number of sulfonamides is 1. The van der Waals surface area contributed by atoms with Crippen LogP contribution >= 0.6 is 0 Å². The van der Waals surface area contributed by atoms with Crippen molar-refractivity contribution in [1.29, 1.82) is 5.41 Å². The smallest absolute Gasteiger partial charge is 0.241 e. The molecule has 1 rings (SSSR count). The molecule has 0 saturated heterocycles. The first-order valence-electron chi connectivity index (χ1n) is 4.35. The largest absolute Gasteiger partial charge is 0.386 e. The van der Waals surface area contributed by atoms with Gasteiger partial charge in [0.1, 0.15) is 5.84 Å². The number of hydrogen-bond acceptors (Lipinski definition) is 3. The molecule has 6 heteroatoms. The molecule has 0 aliphatic rings. The molecule has 1 atom stereocenters. The fraction of sp³-hybridized carbons (Fsp3) is 0.222. The molecular weight excluding hydrogens is 214 g/mol. The van der Waals surface area contributed by atoms with Gasteiger partial charge in [-0.2, -0.15) is 0 Å². The molecule has 0 amide bonds. The van der Waals surface area contributed by atoms with Crippen molar-refractivity contribution in [2.75, 3.05) is 0 Å². The van der Waals surface area contributed by atoms with E-state index in [1.807, 2.05) is 0 Å². The van der Waals surface area contributed by atoms with Crippen molar-refractivity contribution in [3.63, 3.8) is 0 Å². The quantitative estimate of drug-likeness (QED) is 0.509. The predicted molar refractivity (Wildman–Crippen MR) is 58.1 cm³/mol. The summed E-state index contributed by atoms with van der Waals surface area (Å²) in [5.74, 6) is -0.213. The zero-order chi connectivity index (χ0) is 11.5. The second-order valence-electron chi connectivity index (χ2n) is 3.11. The second-order valence-corrected chi connectivity index (χ2v) is 4.83. The third-order valence-corrected chi connectivity index (χ3v) is 3.41. The highest BCUT2D eigenvalue weighted by Gasteiger charge is 2.17. The van der Waals surface area contributed by atoms with E-state index in [-0.39, 0.29) is 10.7 Å². The van der Waals surface area contributed by atoms with Crippen LogP contribution in [0.25, 0.3) is 0 Å². The lowest BCUT2D eigenvalue weighted by molar-refractivity contribution is 0.578. The summed E-state index contributed by atoms with van der Waals surface area (Å²) in [6.45, 7) is 1.52. The van der Waals surface area contributed by atoms with Crippen LogP contribution in [-0.2, 0) is 10.0 Å². The lowest BCUT2D eigenvalue weighted by atomic mass is 10.3. The van der Waals surface area contributed by atoms with Crippen molar-refractivity contribution in [2.45, 2.75) is 17.9 Å². The van der Waals surface area contributed by atoms with Gasteiger partial charge in [-0.3, -0.25) is 5.41 Å². The average molecular weight is 227 g/mol. The fourth-order valence-corrected chi connectivity index (χ4v) is 2.21. The Bertz CT molecular complexity index is 442. The zero-order valence-electron chi connectivity index (χ0n) is 8.27. The molecule has 0 aliphatic carbocycles. The van der Waals surface area contributed by atoms with Crippen molar-refractivity contribution in [1.82, 2.24) is 4.72 Å². The Hall–Kier alpha value is -1.40. The van der Waals surface area contributed by atoms with E-state index in [1.165, 1.54) is 19.1 Å². The molecule has 15 heavy (non-hydrogen) atoms. The SMILES string of the molecule is CC(NS(=O)(=O)c1ccccc1)C(=N)N. The molecule has 82 valence electrons. The van der Waals surface area contributed by atoms with Crippen LogP contribution < -0.4 is 10.5 Å². The minimum absolute atomic E-state index is 0.165. The molecule has 1 aromatic rings. The molecular formula is C9H13N3O2S. The number of nitrogens with one attached hydrogen (secondary N) is 2. The van der Waals surface area contributed by atoms with Crippen molar-refractivity contribution in [3.8, 4) is 0 Å². The summed E-state index contributed by atoms with van der Waals surface area (Å²) >= 11 is 0. The van der Waals surface area contributed by atoms with Crippen molar-refractivity contribution < 1.29 is 8.42 Å². The summed E-state index contributed by atoms with van der Waals surface area (Å²) in [6.07, 6.45) is 0. The van der Waals surface area contributed by atoms with E-state index in [9.17, 15) is 8.42 Å². The van der Waals surface area contributed by atoms with Gasteiger partial charge in [0.15, 0.2) is 0 Å².